The van der Waals surface area contributed by atoms with E-state index in [2.05, 4.69) is 22.2 Å². The lowest BCUT2D eigenvalue weighted by atomic mass is 10.1. The van der Waals surface area contributed by atoms with Crippen LogP contribution in [0, 0.1) is 6.92 Å². The largest absolute Gasteiger partial charge is 0.373 e. The molecule has 0 aliphatic rings. The van der Waals surface area contributed by atoms with Gasteiger partial charge in [0.15, 0.2) is 0 Å². The van der Waals surface area contributed by atoms with Crippen LogP contribution in [0.15, 0.2) is 36.7 Å². The van der Waals surface area contributed by atoms with E-state index in [1.54, 1.807) is 6.20 Å². The van der Waals surface area contributed by atoms with Crippen LogP contribution in [0.25, 0.3) is 11.3 Å². The maximum absolute atomic E-state index is 4.47. The van der Waals surface area contributed by atoms with Crippen molar-refractivity contribution in [3.63, 3.8) is 0 Å². The van der Waals surface area contributed by atoms with Crippen LogP contribution in [-0.2, 0) is 0 Å². The number of hydrogen-bond acceptors (Lipinski definition) is 3. The molecule has 3 nitrogen and oxygen atoms in total. The van der Waals surface area contributed by atoms with Crippen molar-refractivity contribution in [1.29, 1.82) is 0 Å². The summed E-state index contributed by atoms with van der Waals surface area (Å²) in [6.45, 7) is 2.06. The molecule has 0 atom stereocenters. The second kappa shape index (κ2) is 4.09. The fourth-order valence-corrected chi connectivity index (χ4v) is 1.46. The third-order valence-electron chi connectivity index (χ3n) is 2.32. The van der Waals surface area contributed by atoms with Crippen LogP contribution >= 0.6 is 0 Å². The number of aryl methyl sites for hydroxylation is 1. The van der Waals surface area contributed by atoms with Gasteiger partial charge in [-0.1, -0.05) is 6.07 Å². The first-order valence-corrected chi connectivity index (χ1v) is 4.87. The number of pyridine rings is 2. The summed E-state index contributed by atoms with van der Waals surface area (Å²) in [5, 5.41) is 3.03. The molecular formula is C12H13N3. The van der Waals surface area contributed by atoms with Gasteiger partial charge in [-0.15, -0.1) is 0 Å². The summed E-state index contributed by atoms with van der Waals surface area (Å²) in [6, 6.07) is 7.91. The lowest BCUT2D eigenvalue weighted by Crippen LogP contribution is -1.94. The minimum atomic E-state index is 0.871. The van der Waals surface area contributed by atoms with E-state index < -0.39 is 0 Å². The van der Waals surface area contributed by atoms with Crippen molar-refractivity contribution in [3.8, 4) is 11.3 Å². The molecule has 3 heteroatoms. The third kappa shape index (κ3) is 1.96. The zero-order chi connectivity index (χ0) is 10.7. The van der Waals surface area contributed by atoms with Gasteiger partial charge in [-0.2, -0.15) is 0 Å². The van der Waals surface area contributed by atoms with Crippen molar-refractivity contribution in [2.75, 3.05) is 12.4 Å². The van der Waals surface area contributed by atoms with Gasteiger partial charge in [0, 0.05) is 25.0 Å². The summed E-state index contributed by atoms with van der Waals surface area (Å²) >= 11 is 0. The molecule has 76 valence electrons. The molecule has 0 unspecified atom stereocenters. The molecule has 0 amide bonds. The first-order chi connectivity index (χ1) is 7.31. The van der Waals surface area contributed by atoms with E-state index in [1.807, 2.05) is 37.5 Å². The molecule has 0 saturated carbocycles. The van der Waals surface area contributed by atoms with Gasteiger partial charge in [0.25, 0.3) is 0 Å². The number of nitrogens with one attached hydrogen (secondary N) is 1. The molecule has 0 aliphatic heterocycles. The Morgan fingerprint density at radius 2 is 2.07 bits per heavy atom. The van der Waals surface area contributed by atoms with Crippen molar-refractivity contribution in [1.82, 2.24) is 9.97 Å². The highest BCUT2D eigenvalue weighted by Gasteiger charge is 2.03. The molecular weight excluding hydrogens is 186 g/mol. The molecule has 2 rings (SSSR count). The van der Waals surface area contributed by atoms with Crippen molar-refractivity contribution >= 4 is 5.82 Å². The predicted molar refractivity (Wildman–Crippen MR) is 61.8 cm³/mol. The third-order valence-corrected chi connectivity index (χ3v) is 2.32. The Balaban J connectivity index is 2.49. The highest BCUT2D eigenvalue weighted by atomic mass is 15.0. The van der Waals surface area contributed by atoms with E-state index in [9.17, 15) is 0 Å². The molecule has 0 aliphatic carbocycles. The zero-order valence-electron chi connectivity index (χ0n) is 8.86. The Morgan fingerprint density at radius 1 is 1.20 bits per heavy atom. The van der Waals surface area contributed by atoms with Crippen molar-refractivity contribution < 1.29 is 0 Å². The average molecular weight is 199 g/mol. The zero-order valence-corrected chi connectivity index (χ0v) is 8.86. The highest BCUT2D eigenvalue weighted by Crippen LogP contribution is 2.20. The number of nitrogens with zero attached hydrogens (tertiary/aromatic N) is 2. The standard InChI is InChI=1S/C12H13N3/c1-9-6-7-14-8-10(9)11-4-3-5-12(13-2)15-11/h3-8H,1-2H3,(H,13,15). The molecule has 2 aromatic heterocycles. The van der Waals surface area contributed by atoms with Gasteiger partial charge >= 0.3 is 0 Å². The summed E-state index contributed by atoms with van der Waals surface area (Å²) in [7, 11) is 1.86. The maximum Gasteiger partial charge on any atom is 0.126 e. The number of anilines is 1. The first-order valence-electron chi connectivity index (χ1n) is 4.87. The molecule has 0 spiro atoms. The molecule has 2 aromatic rings. The van der Waals surface area contributed by atoms with Crippen LogP contribution in [0.1, 0.15) is 5.56 Å². The minimum Gasteiger partial charge on any atom is -0.373 e. The van der Waals surface area contributed by atoms with Crippen molar-refractivity contribution in [2.45, 2.75) is 6.92 Å². The van der Waals surface area contributed by atoms with Gasteiger partial charge in [-0.05, 0) is 30.7 Å². The fourth-order valence-electron chi connectivity index (χ4n) is 1.46. The second-order valence-corrected chi connectivity index (χ2v) is 3.35. The van der Waals surface area contributed by atoms with Gasteiger partial charge in [0.2, 0.25) is 0 Å². The molecule has 0 aromatic carbocycles. The summed E-state index contributed by atoms with van der Waals surface area (Å²) in [5.74, 6) is 0.871. The minimum absolute atomic E-state index is 0.871. The van der Waals surface area contributed by atoms with E-state index >= 15 is 0 Å². The smallest absolute Gasteiger partial charge is 0.126 e. The summed E-state index contributed by atoms with van der Waals surface area (Å²) < 4.78 is 0. The summed E-state index contributed by atoms with van der Waals surface area (Å²) in [6.07, 6.45) is 3.64. The van der Waals surface area contributed by atoms with E-state index in [1.165, 1.54) is 5.56 Å². The van der Waals surface area contributed by atoms with Crippen LogP contribution in [0.4, 0.5) is 5.82 Å². The quantitative estimate of drug-likeness (QED) is 0.807. The molecule has 0 bridgehead atoms. The van der Waals surface area contributed by atoms with Gasteiger partial charge in [0.05, 0.1) is 5.69 Å². The molecule has 15 heavy (non-hydrogen) atoms. The van der Waals surface area contributed by atoms with Gasteiger partial charge in [0.1, 0.15) is 5.82 Å². The maximum atomic E-state index is 4.47. The van der Waals surface area contributed by atoms with E-state index in [4.69, 9.17) is 0 Å². The van der Waals surface area contributed by atoms with Crippen molar-refractivity contribution in [2.24, 2.45) is 0 Å². The SMILES string of the molecule is CNc1cccc(-c2cnccc2C)n1. The summed E-state index contributed by atoms with van der Waals surface area (Å²) in [4.78, 5) is 8.59. The second-order valence-electron chi connectivity index (χ2n) is 3.35. The normalized spacial score (nSPS) is 10.0. The van der Waals surface area contributed by atoms with Gasteiger partial charge in [-0.25, -0.2) is 4.98 Å². The Kier molecular flexibility index (Phi) is 2.63. The van der Waals surface area contributed by atoms with E-state index in [0.717, 1.165) is 17.1 Å². The van der Waals surface area contributed by atoms with Crippen LogP contribution in [0.2, 0.25) is 0 Å². The Labute approximate surface area is 89.2 Å². The predicted octanol–water partition coefficient (Wildman–Crippen LogP) is 2.49. The molecule has 0 saturated heterocycles. The number of rotatable bonds is 2. The van der Waals surface area contributed by atoms with Crippen LogP contribution in [0.5, 0.6) is 0 Å². The monoisotopic (exact) mass is 199 g/mol. The van der Waals surface area contributed by atoms with Gasteiger partial charge in [-0.3, -0.25) is 4.98 Å². The fraction of sp³-hybridized carbons (Fsp3) is 0.167. The lowest BCUT2D eigenvalue weighted by molar-refractivity contribution is 1.24. The Morgan fingerprint density at radius 3 is 2.80 bits per heavy atom. The molecule has 0 radical (unpaired) electrons. The number of aromatic nitrogens is 2. The number of hydrogen-bond donors (Lipinski definition) is 1. The first kappa shape index (κ1) is 9.65. The van der Waals surface area contributed by atoms with Crippen LogP contribution < -0.4 is 5.32 Å². The lowest BCUT2D eigenvalue weighted by Gasteiger charge is -2.05. The molecule has 2 heterocycles. The molecule has 1 N–H and O–H groups in total. The Hall–Kier alpha value is -1.90. The van der Waals surface area contributed by atoms with Crippen molar-refractivity contribution in [3.05, 3.63) is 42.2 Å². The Bertz CT molecular complexity index is 466. The highest BCUT2D eigenvalue weighted by molar-refractivity contribution is 5.63. The van der Waals surface area contributed by atoms with E-state index in [0.29, 0.717) is 0 Å². The molecule has 0 fully saturated rings. The van der Waals surface area contributed by atoms with Crippen LogP contribution in [-0.4, -0.2) is 17.0 Å². The van der Waals surface area contributed by atoms with Crippen LogP contribution in [0.3, 0.4) is 0 Å². The topological polar surface area (TPSA) is 37.8 Å². The van der Waals surface area contributed by atoms with E-state index in [-0.39, 0.29) is 0 Å². The average Bonchev–Trinajstić information content (AvgIpc) is 2.30. The summed E-state index contributed by atoms with van der Waals surface area (Å²) in [5.41, 5.74) is 3.22. The van der Waals surface area contributed by atoms with Gasteiger partial charge < -0.3 is 5.32 Å².